The highest BCUT2D eigenvalue weighted by Crippen LogP contribution is 2.23. The lowest BCUT2D eigenvalue weighted by Crippen LogP contribution is -2.34. The van der Waals surface area contributed by atoms with E-state index in [1.54, 1.807) is 16.7 Å². The number of methoxy groups -OCH3 is 1. The number of hydrogen-bond acceptors (Lipinski definition) is 6. The Morgan fingerprint density at radius 1 is 1.25 bits per heavy atom. The molecule has 0 aliphatic carbocycles. The smallest absolute Gasteiger partial charge is 0.289 e. The van der Waals surface area contributed by atoms with Crippen LogP contribution in [-0.4, -0.2) is 49.0 Å². The summed E-state index contributed by atoms with van der Waals surface area (Å²) in [6, 6.07) is 8.28. The molecule has 10 heteroatoms. The standard InChI is InChI=1S/C22H26FN3O5S/c1-16(2)26-19(14-25(10-12-30-3)21(27)20-5-4-11-31-20)13-24-22(26)32(28,29)15-17-6-8-18(23)9-7-17/h4-9,11,13,16H,10,12,14-15H2,1-3H3. The van der Waals surface area contributed by atoms with Gasteiger partial charge in [-0.15, -0.1) is 0 Å². The molecular formula is C22H26FN3O5S. The van der Waals surface area contributed by atoms with Crippen molar-refractivity contribution in [3.8, 4) is 0 Å². The molecule has 0 unspecified atom stereocenters. The average molecular weight is 464 g/mol. The largest absolute Gasteiger partial charge is 0.459 e. The number of halogens is 1. The van der Waals surface area contributed by atoms with Gasteiger partial charge in [0.15, 0.2) is 5.76 Å². The number of rotatable bonds is 10. The van der Waals surface area contributed by atoms with Crippen molar-refractivity contribution < 1.29 is 26.8 Å². The van der Waals surface area contributed by atoms with Crippen molar-refractivity contribution >= 4 is 15.7 Å². The van der Waals surface area contributed by atoms with E-state index in [1.165, 1.54) is 48.7 Å². The number of sulfone groups is 1. The van der Waals surface area contributed by atoms with E-state index in [4.69, 9.17) is 9.15 Å². The molecule has 0 spiro atoms. The fraction of sp³-hybridized carbons (Fsp3) is 0.364. The van der Waals surface area contributed by atoms with Gasteiger partial charge in [0.1, 0.15) is 5.82 Å². The molecule has 0 aliphatic rings. The fourth-order valence-electron chi connectivity index (χ4n) is 3.35. The van der Waals surface area contributed by atoms with E-state index in [9.17, 15) is 17.6 Å². The van der Waals surface area contributed by atoms with Crippen LogP contribution in [0.3, 0.4) is 0 Å². The molecular weight excluding hydrogens is 437 g/mol. The Balaban J connectivity index is 1.91. The molecule has 3 aromatic rings. The highest BCUT2D eigenvalue weighted by molar-refractivity contribution is 7.90. The number of nitrogens with zero attached hydrogens (tertiary/aromatic N) is 3. The van der Waals surface area contributed by atoms with Crippen LogP contribution in [0, 0.1) is 5.82 Å². The topological polar surface area (TPSA) is 94.6 Å². The summed E-state index contributed by atoms with van der Waals surface area (Å²) in [5.74, 6) is -0.899. The molecule has 8 nitrogen and oxygen atoms in total. The van der Waals surface area contributed by atoms with E-state index >= 15 is 0 Å². The van der Waals surface area contributed by atoms with E-state index in [2.05, 4.69) is 4.98 Å². The summed E-state index contributed by atoms with van der Waals surface area (Å²) in [7, 11) is -2.28. The number of benzene rings is 1. The van der Waals surface area contributed by atoms with Crippen LogP contribution in [0.15, 0.2) is 58.4 Å². The SMILES string of the molecule is COCCN(Cc1cnc(S(=O)(=O)Cc2ccc(F)cc2)n1C(C)C)C(=O)c1ccco1. The van der Waals surface area contributed by atoms with Gasteiger partial charge in [-0.2, -0.15) is 0 Å². The highest BCUT2D eigenvalue weighted by atomic mass is 32.2. The van der Waals surface area contributed by atoms with Gasteiger partial charge in [0, 0.05) is 19.7 Å². The Labute approximate surface area is 186 Å². The number of amides is 1. The summed E-state index contributed by atoms with van der Waals surface area (Å²) in [4.78, 5) is 18.6. The molecule has 0 fully saturated rings. The molecule has 0 atom stereocenters. The molecule has 32 heavy (non-hydrogen) atoms. The van der Waals surface area contributed by atoms with Gasteiger partial charge in [0.25, 0.3) is 5.91 Å². The number of imidazole rings is 1. The van der Waals surface area contributed by atoms with Gasteiger partial charge in [0.2, 0.25) is 15.0 Å². The van der Waals surface area contributed by atoms with Gasteiger partial charge in [-0.05, 0) is 43.7 Å². The minimum absolute atomic E-state index is 0.0936. The zero-order chi connectivity index (χ0) is 23.3. The van der Waals surface area contributed by atoms with Crippen LogP contribution in [0.5, 0.6) is 0 Å². The molecule has 3 rings (SSSR count). The van der Waals surface area contributed by atoms with Crippen molar-refractivity contribution in [2.24, 2.45) is 0 Å². The van der Waals surface area contributed by atoms with E-state index < -0.39 is 15.7 Å². The second-order valence-corrected chi connectivity index (χ2v) is 9.46. The zero-order valence-electron chi connectivity index (χ0n) is 18.2. The van der Waals surface area contributed by atoms with Crippen molar-refractivity contribution in [1.29, 1.82) is 0 Å². The quantitative estimate of drug-likeness (QED) is 0.457. The number of furan rings is 1. The molecule has 0 radical (unpaired) electrons. The van der Waals surface area contributed by atoms with E-state index in [-0.39, 0.29) is 41.7 Å². The summed E-state index contributed by atoms with van der Waals surface area (Å²) in [5, 5.41) is -0.0936. The first-order valence-electron chi connectivity index (χ1n) is 10.1. The predicted molar refractivity (Wildman–Crippen MR) is 115 cm³/mol. The lowest BCUT2D eigenvalue weighted by Gasteiger charge is -2.23. The molecule has 0 saturated heterocycles. The second kappa shape index (κ2) is 10.1. The van der Waals surface area contributed by atoms with Crippen LogP contribution in [0.2, 0.25) is 0 Å². The summed E-state index contributed by atoms with van der Waals surface area (Å²) < 4.78 is 51.4. The minimum atomic E-state index is -3.81. The molecule has 0 bridgehead atoms. The van der Waals surface area contributed by atoms with Gasteiger partial charge in [-0.3, -0.25) is 4.79 Å². The fourth-order valence-corrected chi connectivity index (χ4v) is 4.95. The van der Waals surface area contributed by atoms with Crippen LogP contribution in [0.4, 0.5) is 4.39 Å². The van der Waals surface area contributed by atoms with Crippen molar-refractivity contribution in [3.05, 3.63) is 71.7 Å². The number of ether oxygens (including phenoxy) is 1. The Morgan fingerprint density at radius 2 is 1.97 bits per heavy atom. The number of carbonyl (C=O) groups excluding carboxylic acids is 1. The lowest BCUT2D eigenvalue weighted by atomic mass is 10.2. The van der Waals surface area contributed by atoms with Crippen LogP contribution in [0.1, 0.15) is 41.7 Å². The normalized spacial score (nSPS) is 11.8. The molecule has 0 aliphatic heterocycles. The maximum atomic E-state index is 13.2. The van der Waals surface area contributed by atoms with E-state index in [0.29, 0.717) is 17.9 Å². The monoisotopic (exact) mass is 463 g/mol. The first-order chi connectivity index (χ1) is 15.2. The van der Waals surface area contributed by atoms with Crippen molar-refractivity contribution in [2.75, 3.05) is 20.3 Å². The third kappa shape index (κ3) is 5.43. The minimum Gasteiger partial charge on any atom is -0.459 e. The van der Waals surface area contributed by atoms with Crippen LogP contribution in [-0.2, 0) is 26.9 Å². The third-order valence-corrected chi connectivity index (χ3v) is 6.41. The molecule has 1 aromatic carbocycles. The zero-order valence-corrected chi connectivity index (χ0v) is 19.0. The summed E-state index contributed by atoms with van der Waals surface area (Å²) in [6.45, 7) is 4.40. The van der Waals surface area contributed by atoms with Gasteiger partial charge in [-0.25, -0.2) is 17.8 Å². The molecule has 0 saturated carbocycles. The van der Waals surface area contributed by atoms with Crippen LogP contribution >= 0.6 is 0 Å². The van der Waals surface area contributed by atoms with E-state index in [1.807, 2.05) is 13.8 Å². The molecule has 172 valence electrons. The Morgan fingerprint density at radius 3 is 2.56 bits per heavy atom. The average Bonchev–Trinajstić information content (AvgIpc) is 3.42. The predicted octanol–water partition coefficient (Wildman–Crippen LogP) is 3.46. The molecule has 0 N–H and O–H groups in total. The van der Waals surface area contributed by atoms with Gasteiger partial charge >= 0.3 is 0 Å². The third-order valence-electron chi connectivity index (χ3n) is 4.84. The second-order valence-electron chi connectivity index (χ2n) is 7.58. The van der Waals surface area contributed by atoms with Crippen LogP contribution in [0.25, 0.3) is 0 Å². The highest BCUT2D eigenvalue weighted by Gasteiger charge is 2.27. The van der Waals surface area contributed by atoms with Crippen molar-refractivity contribution in [1.82, 2.24) is 14.5 Å². The molecule has 2 aromatic heterocycles. The molecule has 1 amide bonds. The summed E-state index contributed by atoms with van der Waals surface area (Å²) in [6.07, 6.45) is 2.88. The van der Waals surface area contributed by atoms with Gasteiger partial charge in [0.05, 0.1) is 37.1 Å². The van der Waals surface area contributed by atoms with Gasteiger partial charge in [-0.1, -0.05) is 12.1 Å². The Kier molecular flexibility index (Phi) is 7.47. The maximum absolute atomic E-state index is 13.2. The van der Waals surface area contributed by atoms with Crippen molar-refractivity contribution in [2.45, 2.75) is 37.3 Å². The first-order valence-corrected chi connectivity index (χ1v) is 11.7. The Bertz CT molecular complexity index is 1140. The van der Waals surface area contributed by atoms with Crippen molar-refractivity contribution in [3.63, 3.8) is 0 Å². The maximum Gasteiger partial charge on any atom is 0.289 e. The Hall–Kier alpha value is -2.98. The summed E-state index contributed by atoms with van der Waals surface area (Å²) >= 11 is 0. The van der Waals surface area contributed by atoms with E-state index in [0.717, 1.165) is 0 Å². The number of carbonyl (C=O) groups is 1. The number of aromatic nitrogens is 2. The summed E-state index contributed by atoms with van der Waals surface area (Å²) in [5.41, 5.74) is 1.02. The molecule has 2 heterocycles. The first kappa shape index (κ1) is 23.7. The van der Waals surface area contributed by atoms with Crippen LogP contribution < -0.4 is 0 Å². The lowest BCUT2D eigenvalue weighted by molar-refractivity contribution is 0.0643. The van der Waals surface area contributed by atoms with Gasteiger partial charge < -0.3 is 18.6 Å². The number of hydrogen-bond donors (Lipinski definition) is 0.